The minimum Gasteiger partial charge on any atom is -0.497 e. The third-order valence-electron chi connectivity index (χ3n) is 2.41. The number of methoxy groups -OCH3 is 1. The normalized spacial score (nSPS) is 9.47. The molecule has 2 aromatic carbocycles. The predicted octanol–water partition coefficient (Wildman–Crippen LogP) is 4.30. The summed E-state index contributed by atoms with van der Waals surface area (Å²) < 4.78 is 5.17. The van der Waals surface area contributed by atoms with Crippen molar-refractivity contribution >= 4 is 5.69 Å². The largest absolute Gasteiger partial charge is 0.497 e. The van der Waals surface area contributed by atoms with E-state index >= 15 is 0 Å². The van der Waals surface area contributed by atoms with E-state index in [2.05, 4.69) is 10.0 Å². The number of benzene rings is 2. The number of nitrogens with zero attached hydrogens (tertiary/aromatic N) is 3. The van der Waals surface area contributed by atoms with Crippen molar-refractivity contribution in [3.05, 3.63) is 59.0 Å². The van der Waals surface area contributed by atoms with E-state index in [9.17, 15) is 0 Å². The Hall–Kier alpha value is -2.45. The molecule has 84 valence electrons. The van der Waals surface area contributed by atoms with Crippen LogP contribution in [0.3, 0.4) is 0 Å². The Kier molecular flexibility index (Phi) is 3.28. The molecule has 0 spiro atoms. The molecule has 0 bridgehead atoms. The fraction of sp³-hybridized carbons (Fsp3) is 0.0769. The summed E-state index contributed by atoms with van der Waals surface area (Å²) >= 11 is 0. The van der Waals surface area contributed by atoms with Gasteiger partial charge in [0.25, 0.3) is 0 Å². The van der Waals surface area contributed by atoms with Crippen LogP contribution in [0.5, 0.6) is 5.75 Å². The lowest BCUT2D eigenvalue weighted by molar-refractivity contribution is 0.415. The zero-order valence-corrected chi connectivity index (χ0v) is 9.37. The molecule has 0 aliphatic rings. The molecule has 2 rings (SSSR count). The summed E-state index contributed by atoms with van der Waals surface area (Å²) in [6.45, 7) is 0. The molecule has 0 saturated carbocycles. The van der Waals surface area contributed by atoms with E-state index in [-0.39, 0.29) is 0 Å². The average Bonchev–Trinajstić information content (AvgIpc) is 2.40. The molecule has 0 amide bonds. The minimum absolute atomic E-state index is 0.604. The maximum atomic E-state index is 8.40. The fourth-order valence-electron chi connectivity index (χ4n) is 1.60. The van der Waals surface area contributed by atoms with Crippen molar-refractivity contribution in [2.24, 2.45) is 5.11 Å². The van der Waals surface area contributed by atoms with Gasteiger partial charge >= 0.3 is 0 Å². The Balaban J connectivity index is 2.44. The molecule has 0 aliphatic heterocycles. The lowest BCUT2D eigenvalue weighted by atomic mass is 10.1. The summed E-state index contributed by atoms with van der Waals surface area (Å²) in [4.78, 5) is 2.77. The summed E-state index contributed by atoms with van der Waals surface area (Å²) in [5.41, 5.74) is 11.0. The van der Waals surface area contributed by atoms with Gasteiger partial charge in [-0.25, -0.2) is 0 Å². The molecule has 0 unspecified atom stereocenters. The highest BCUT2D eigenvalue weighted by molar-refractivity contribution is 5.68. The highest BCUT2D eigenvalue weighted by atomic mass is 16.5. The summed E-state index contributed by atoms with van der Waals surface area (Å²) in [6.07, 6.45) is 0. The van der Waals surface area contributed by atoms with Crippen molar-refractivity contribution in [2.45, 2.75) is 0 Å². The average molecular weight is 225 g/mol. The van der Waals surface area contributed by atoms with Gasteiger partial charge in [0.05, 0.1) is 7.11 Å². The van der Waals surface area contributed by atoms with Gasteiger partial charge in [-0.3, -0.25) is 0 Å². The quantitative estimate of drug-likeness (QED) is 0.436. The van der Waals surface area contributed by atoms with Crippen LogP contribution in [-0.4, -0.2) is 7.11 Å². The first-order valence-electron chi connectivity index (χ1n) is 5.13. The summed E-state index contributed by atoms with van der Waals surface area (Å²) in [5, 5.41) is 3.58. The van der Waals surface area contributed by atoms with Crippen LogP contribution in [0.25, 0.3) is 21.6 Å². The maximum Gasteiger partial charge on any atom is 0.119 e. The minimum atomic E-state index is 0.604. The van der Waals surface area contributed by atoms with Gasteiger partial charge < -0.3 is 4.74 Å². The molecule has 0 atom stereocenters. The Bertz CT molecular complexity index is 574. The first-order valence-corrected chi connectivity index (χ1v) is 5.13. The highest BCUT2D eigenvalue weighted by Crippen LogP contribution is 2.26. The second kappa shape index (κ2) is 5.05. The van der Waals surface area contributed by atoms with Gasteiger partial charge in [0.1, 0.15) is 5.75 Å². The van der Waals surface area contributed by atoms with E-state index in [0.29, 0.717) is 5.69 Å². The van der Waals surface area contributed by atoms with Crippen LogP contribution in [0.4, 0.5) is 5.69 Å². The second-order valence-corrected chi connectivity index (χ2v) is 3.47. The molecule has 0 aliphatic carbocycles. The van der Waals surface area contributed by atoms with Crippen LogP contribution in [0.2, 0.25) is 0 Å². The van der Waals surface area contributed by atoms with Gasteiger partial charge in [0, 0.05) is 10.6 Å². The topological polar surface area (TPSA) is 58.0 Å². The number of ether oxygens (including phenoxy) is 1. The molecular formula is C13H11N3O. The van der Waals surface area contributed by atoms with Crippen molar-refractivity contribution in [3.8, 4) is 16.9 Å². The predicted molar refractivity (Wildman–Crippen MR) is 67.2 cm³/mol. The second-order valence-electron chi connectivity index (χ2n) is 3.47. The van der Waals surface area contributed by atoms with Crippen molar-refractivity contribution in [1.29, 1.82) is 0 Å². The smallest absolute Gasteiger partial charge is 0.119 e. The summed E-state index contributed by atoms with van der Waals surface area (Å²) in [5.74, 6) is 0.802. The molecular weight excluding hydrogens is 214 g/mol. The molecule has 0 fully saturated rings. The molecule has 4 nitrogen and oxygen atoms in total. The van der Waals surface area contributed by atoms with E-state index in [1.54, 1.807) is 13.2 Å². The highest BCUT2D eigenvalue weighted by Gasteiger charge is 2.00. The zero-order valence-electron chi connectivity index (χ0n) is 9.37. The molecule has 2 aromatic rings. The van der Waals surface area contributed by atoms with Gasteiger partial charge in [-0.15, -0.1) is 0 Å². The van der Waals surface area contributed by atoms with Gasteiger partial charge in [0.2, 0.25) is 0 Å². The Morgan fingerprint density at radius 3 is 2.47 bits per heavy atom. The first-order chi connectivity index (χ1) is 8.33. The molecule has 0 N–H and O–H groups in total. The number of rotatable bonds is 3. The maximum absolute atomic E-state index is 8.40. The molecule has 0 heterocycles. The van der Waals surface area contributed by atoms with Gasteiger partial charge in [0.15, 0.2) is 0 Å². The third kappa shape index (κ3) is 2.56. The van der Waals surface area contributed by atoms with Crippen LogP contribution in [0, 0.1) is 0 Å². The zero-order chi connectivity index (χ0) is 12.1. The number of azide groups is 1. The van der Waals surface area contributed by atoms with E-state index in [1.807, 2.05) is 42.5 Å². The van der Waals surface area contributed by atoms with E-state index in [4.69, 9.17) is 10.3 Å². The van der Waals surface area contributed by atoms with Crippen LogP contribution in [0.15, 0.2) is 53.6 Å². The van der Waals surface area contributed by atoms with Crippen LogP contribution in [-0.2, 0) is 0 Å². The van der Waals surface area contributed by atoms with Crippen LogP contribution < -0.4 is 4.74 Å². The van der Waals surface area contributed by atoms with E-state index < -0.39 is 0 Å². The van der Waals surface area contributed by atoms with E-state index in [0.717, 1.165) is 16.9 Å². The van der Waals surface area contributed by atoms with Gasteiger partial charge in [-0.1, -0.05) is 35.4 Å². The molecule has 0 aromatic heterocycles. The summed E-state index contributed by atoms with van der Waals surface area (Å²) in [6, 6.07) is 15.2. The Morgan fingerprint density at radius 2 is 1.76 bits per heavy atom. The Morgan fingerprint density at radius 1 is 1.06 bits per heavy atom. The van der Waals surface area contributed by atoms with Crippen LogP contribution >= 0.6 is 0 Å². The summed E-state index contributed by atoms with van der Waals surface area (Å²) in [7, 11) is 1.63. The molecule has 4 heteroatoms. The lowest BCUT2D eigenvalue weighted by Crippen LogP contribution is -1.83. The van der Waals surface area contributed by atoms with Crippen LogP contribution in [0.1, 0.15) is 0 Å². The van der Waals surface area contributed by atoms with Gasteiger partial charge in [-0.2, -0.15) is 0 Å². The fourth-order valence-corrected chi connectivity index (χ4v) is 1.60. The lowest BCUT2D eigenvalue weighted by Gasteiger charge is -2.05. The van der Waals surface area contributed by atoms with Gasteiger partial charge in [-0.05, 0) is 34.9 Å². The monoisotopic (exact) mass is 225 g/mol. The number of hydrogen-bond donors (Lipinski definition) is 0. The molecule has 0 radical (unpaired) electrons. The Labute approximate surface area is 99.1 Å². The number of hydrogen-bond acceptors (Lipinski definition) is 2. The van der Waals surface area contributed by atoms with E-state index in [1.165, 1.54) is 0 Å². The van der Waals surface area contributed by atoms with Crippen molar-refractivity contribution in [2.75, 3.05) is 7.11 Å². The third-order valence-corrected chi connectivity index (χ3v) is 2.41. The first kappa shape index (κ1) is 11.0. The van der Waals surface area contributed by atoms with Crippen molar-refractivity contribution in [3.63, 3.8) is 0 Å². The SMILES string of the molecule is COc1cccc(-c2cccc(N=[N+]=[N-])c2)c1. The molecule has 0 saturated heterocycles. The van der Waals surface area contributed by atoms with Crippen molar-refractivity contribution < 1.29 is 4.74 Å². The standard InChI is InChI=1S/C13H11N3O/c1-17-13-7-3-5-11(9-13)10-4-2-6-12(8-10)15-16-14/h2-9H,1H3. The molecule has 17 heavy (non-hydrogen) atoms. The van der Waals surface area contributed by atoms with Crippen molar-refractivity contribution in [1.82, 2.24) is 0 Å².